The van der Waals surface area contributed by atoms with Gasteiger partial charge in [-0.2, -0.15) is 4.98 Å². The quantitative estimate of drug-likeness (QED) is 0.875. The number of hydrogen-bond donors (Lipinski definition) is 1. The van der Waals surface area contributed by atoms with Gasteiger partial charge in [0.1, 0.15) is 0 Å². The Morgan fingerprint density at radius 3 is 3.00 bits per heavy atom. The highest BCUT2D eigenvalue weighted by atomic mass is 16.5. The van der Waals surface area contributed by atoms with E-state index in [1.165, 1.54) is 32.1 Å². The maximum absolute atomic E-state index is 5.41. The number of hydrogen-bond acceptors (Lipinski definition) is 4. The Bertz CT molecular complexity index is 370. The van der Waals surface area contributed by atoms with Gasteiger partial charge in [0.25, 0.3) is 0 Å². The van der Waals surface area contributed by atoms with Crippen LogP contribution in [0.4, 0.5) is 0 Å². The number of rotatable bonds is 3. The average Bonchev–Trinajstić information content (AvgIpc) is 3.09. The van der Waals surface area contributed by atoms with E-state index in [1.54, 1.807) is 0 Å². The number of nitrogens with zero attached hydrogens (tertiary/aromatic N) is 2. The van der Waals surface area contributed by atoms with Gasteiger partial charge in [0.05, 0.1) is 6.04 Å². The van der Waals surface area contributed by atoms with Crippen molar-refractivity contribution in [2.24, 2.45) is 5.92 Å². The lowest BCUT2D eigenvalue weighted by Gasteiger charge is -2.05. The Morgan fingerprint density at radius 1 is 1.35 bits per heavy atom. The van der Waals surface area contributed by atoms with Crippen molar-refractivity contribution in [2.75, 3.05) is 6.54 Å². The van der Waals surface area contributed by atoms with Crippen molar-refractivity contribution < 1.29 is 4.52 Å². The van der Waals surface area contributed by atoms with Crippen LogP contribution in [0.25, 0.3) is 0 Å². The van der Waals surface area contributed by atoms with Crippen LogP contribution in [0.1, 0.15) is 69.1 Å². The smallest absolute Gasteiger partial charge is 0.243 e. The largest absolute Gasteiger partial charge is 0.338 e. The summed E-state index contributed by atoms with van der Waals surface area (Å²) >= 11 is 0. The summed E-state index contributed by atoms with van der Waals surface area (Å²) in [5.41, 5.74) is 0. The summed E-state index contributed by atoms with van der Waals surface area (Å²) < 4.78 is 5.41. The molecule has 3 rings (SSSR count). The average molecular weight is 235 g/mol. The minimum Gasteiger partial charge on any atom is -0.338 e. The highest BCUT2D eigenvalue weighted by Gasteiger charge is 2.30. The van der Waals surface area contributed by atoms with Crippen LogP contribution < -0.4 is 5.32 Å². The van der Waals surface area contributed by atoms with Crippen LogP contribution in [0.2, 0.25) is 0 Å². The molecule has 0 spiro atoms. The molecule has 17 heavy (non-hydrogen) atoms. The first-order valence-corrected chi connectivity index (χ1v) is 6.93. The van der Waals surface area contributed by atoms with Gasteiger partial charge in [-0.1, -0.05) is 18.5 Å². The molecule has 3 atom stereocenters. The molecule has 1 aliphatic carbocycles. The van der Waals surface area contributed by atoms with Crippen LogP contribution in [-0.4, -0.2) is 16.7 Å². The van der Waals surface area contributed by atoms with Crippen molar-refractivity contribution in [3.8, 4) is 0 Å². The standard InChI is InChI=1S/C13H21N3O/c1-2-9-5-6-10(8-9)12-15-13(17-16-12)11-4-3-7-14-11/h9-11,14H,2-8H2,1H3/t9?,10?,11-/m0/s1. The Kier molecular flexibility index (Phi) is 3.14. The molecule has 0 aromatic carbocycles. The molecule has 0 bridgehead atoms. The van der Waals surface area contributed by atoms with Gasteiger partial charge in [-0.15, -0.1) is 0 Å². The van der Waals surface area contributed by atoms with Gasteiger partial charge in [-0.3, -0.25) is 0 Å². The van der Waals surface area contributed by atoms with E-state index in [9.17, 15) is 0 Å². The molecule has 4 heteroatoms. The topological polar surface area (TPSA) is 51.0 Å². The van der Waals surface area contributed by atoms with E-state index in [0.29, 0.717) is 12.0 Å². The van der Waals surface area contributed by atoms with Crippen LogP contribution in [0, 0.1) is 5.92 Å². The fourth-order valence-corrected chi connectivity index (χ4v) is 3.13. The molecule has 94 valence electrons. The van der Waals surface area contributed by atoms with Crippen molar-refractivity contribution >= 4 is 0 Å². The third-order valence-electron chi connectivity index (χ3n) is 4.30. The summed E-state index contributed by atoms with van der Waals surface area (Å²) in [7, 11) is 0. The van der Waals surface area contributed by atoms with Gasteiger partial charge >= 0.3 is 0 Å². The summed E-state index contributed by atoms with van der Waals surface area (Å²) in [6.45, 7) is 3.35. The Hall–Kier alpha value is -0.900. The second kappa shape index (κ2) is 4.77. The first-order valence-electron chi connectivity index (χ1n) is 6.93. The van der Waals surface area contributed by atoms with Crippen molar-refractivity contribution in [3.63, 3.8) is 0 Å². The Balaban J connectivity index is 1.68. The molecule has 2 heterocycles. The third kappa shape index (κ3) is 2.23. The molecule has 1 aliphatic heterocycles. The van der Waals surface area contributed by atoms with Gasteiger partial charge in [0.15, 0.2) is 5.82 Å². The van der Waals surface area contributed by atoms with E-state index in [-0.39, 0.29) is 0 Å². The van der Waals surface area contributed by atoms with E-state index in [0.717, 1.165) is 30.6 Å². The van der Waals surface area contributed by atoms with E-state index in [1.807, 2.05) is 0 Å². The van der Waals surface area contributed by atoms with E-state index < -0.39 is 0 Å². The zero-order valence-electron chi connectivity index (χ0n) is 10.5. The van der Waals surface area contributed by atoms with E-state index in [2.05, 4.69) is 22.4 Å². The summed E-state index contributed by atoms with van der Waals surface area (Å²) in [6, 6.07) is 0.305. The van der Waals surface area contributed by atoms with Gasteiger partial charge in [0, 0.05) is 5.92 Å². The lowest BCUT2D eigenvalue weighted by Crippen LogP contribution is -2.13. The molecule has 0 radical (unpaired) electrons. The highest BCUT2D eigenvalue weighted by molar-refractivity contribution is 5.02. The van der Waals surface area contributed by atoms with Crippen molar-refractivity contribution in [1.29, 1.82) is 0 Å². The van der Waals surface area contributed by atoms with Gasteiger partial charge in [-0.25, -0.2) is 0 Å². The summed E-state index contributed by atoms with van der Waals surface area (Å²) in [5, 5.41) is 7.59. The van der Waals surface area contributed by atoms with Crippen LogP contribution >= 0.6 is 0 Å². The maximum atomic E-state index is 5.41. The number of nitrogens with one attached hydrogen (secondary N) is 1. The van der Waals surface area contributed by atoms with Crippen molar-refractivity contribution in [3.05, 3.63) is 11.7 Å². The first-order chi connectivity index (χ1) is 8.36. The SMILES string of the molecule is CCC1CCC(c2noc([C@@H]3CCCN3)n2)C1. The molecule has 1 aromatic rings. The van der Waals surface area contributed by atoms with Crippen LogP contribution in [0.5, 0.6) is 0 Å². The zero-order chi connectivity index (χ0) is 11.7. The lowest BCUT2D eigenvalue weighted by atomic mass is 10.0. The maximum Gasteiger partial charge on any atom is 0.243 e. The van der Waals surface area contributed by atoms with E-state index >= 15 is 0 Å². The van der Waals surface area contributed by atoms with Crippen molar-refractivity contribution in [1.82, 2.24) is 15.5 Å². The molecule has 0 amide bonds. The monoisotopic (exact) mass is 235 g/mol. The van der Waals surface area contributed by atoms with Crippen LogP contribution in [0.3, 0.4) is 0 Å². The normalized spacial score (nSPS) is 33.4. The molecule has 1 saturated heterocycles. The minimum absolute atomic E-state index is 0.305. The summed E-state index contributed by atoms with van der Waals surface area (Å²) in [4.78, 5) is 4.60. The lowest BCUT2D eigenvalue weighted by molar-refractivity contribution is 0.338. The van der Waals surface area contributed by atoms with E-state index in [4.69, 9.17) is 4.52 Å². The first kappa shape index (κ1) is 11.2. The molecular formula is C13H21N3O. The molecule has 1 saturated carbocycles. The Morgan fingerprint density at radius 2 is 2.29 bits per heavy atom. The summed E-state index contributed by atoms with van der Waals surface area (Å²) in [6.07, 6.45) is 7.43. The molecule has 1 N–H and O–H groups in total. The predicted octanol–water partition coefficient (Wildman–Crippen LogP) is 2.79. The molecule has 4 nitrogen and oxygen atoms in total. The number of aromatic nitrogens is 2. The molecule has 2 aliphatic rings. The minimum atomic E-state index is 0.305. The fourth-order valence-electron chi connectivity index (χ4n) is 3.13. The van der Waals surface area contributed by atoms with Gasteiger partial charge in [-0.05, 0) is 44.6 Å². The second-order valence-corrected chi connectivity index (χ2v) is 5.42. The second-order valence-electron chi connectivity index (χ2n) is 5.42. The predicted molar refractivity (Wildman–Crippen MR) is 64.6 cm³/mol. The zero-order valence-corrected chi connectivity index (χ0v) is 10.5. The van der Waals surface area contributed by atoms with Gasteiger partial charge < -0.3 is 9.84 Å². The van der Waals surface area contributed by atoms with Crippen LogP contribution in [-0.2, 0) is 0 Å². The highest BCUT2D eigenvalue weighted by Crippen LogP contribution is 2.38. The fraction of sp³-hybridized carbons (Fsp3) is 0.846. The molecule has 2 unspecified atom stereocenters. The summed E-state index contributed by atoms with van der Waals surface area (Å²) in [5.74, 6) is 3.16. The van der Waals surface area contributed by atoms with Crippen molar-refractivity contribution in [2.45, 2.75) is 57.4 Å². The molecule has 2 fully saturated rings. The molecule has 1 aromatic heterocycles. The third-order valence-corrected chi connectivity index (χ3v) is 4.30. The van der Waals surface area contributed by atoms with Crippen LogP contribution in [0.15, 0.2) is 4.52 Å². The Labute approximate surface area is 102 Å². The van der Waals surface area contributed by atoms with Gasteiger partial charge in [0.2, 0.25) is 5.89 Å². The molecular weight excluding hydrogens is 214 g/mol.